The molecule has 0 aliphatic rings. The van der Waals surface area contributed by atoms with Crippen molar-refractivity contribution >= 4 is 103 Å². The summed E-state index contributed by atoms with van der Waals surface area (Å²) in [7, 11) is 0. The molecule has 2 aromatic heterocycles. The standard InChI is InChI=1S/C31H26F3N5O6.C27H18F3N5O6/c1-15(40)36-18-7-8-19(23(11-18)31(32,33)34)20-13-26-22(12-25(20)37-16(2)41)27(39-45-26)28(42)38-24-9-6-17(14-35)10-21(24)29(43)44-30(3,4)5;1-12(36)32-15-4-5-16(20(8-15)27(28,29)30)17-10-23-19(9-22(17)33-13(2)37)24(35-41-23)25(38)34-21-6-3-14(11-31)7-18(21)26(39)40/h6-13H,1-5H3,(H,36,40)(H,37,41)(H,38,42);3-10H,1-2H3,(H,32,36)(H,33,37)(H,34,38)(H,39,40). The van der Waals surface area contributed by atoms with Crippen molar-refractivity contribution in [2.45, 2.75) is 66.4 Å². The molecule has 0 aliphatic carbocycles. The Morgan fingerprint density at radius 1 is 0.488 bits per heavy atom. The summed E-state index contributed by atoms with van der Waals surface area (Å²) in [6.07, 6.45) is -9.71. The molecular formula is C58H44F6N10O12. The normalized spacial score (nSPS) is 11.2. The third kappa shape index (κ3) is 14.6. The summed E-state index contributed by atoms with van der Waals surface area (Å²) < 4.78 is 101. The lowest BCUT2D eigenvalue weighted by molar-refractivity contribution is -0.137. The van der Waals surface area contributed by atoms with Gasteiger partial charge in [-0.25, -0.2) is 9.59 Å². The molecule has 7 N–H and O–H groups in total. The lowest BCUT2D eigenvalue weighted by Crippen LogP contribution is -2.25. The molecule has 86 heavy (non-hydrogen) atoms. The molecular weight excluding hydrogens is 1140 g/mol. The summed E-state index contributed by atoms with van der Waals surface area (Å²) in [6.45, 7) is 9.53. The van der Waals surface area contributed by atoms with Crippen LogP contribution < -0.4 is 31.9 Å². The van der Waals surface area contributed by atoms with Crippen molar-refractivity contribution in [2.75, 3.05) is 31.9 Å². The highest BCUT2D eigenvalue weighted by Gasteiger charge is 2.37. The van der Waals surface area contributed by atoms with Gasteiger partial charge in [-0.3, -0.25) is 28.8 Å². The molecule has 0 saturated heterocycles. The number of aromatic carboxylic acids is 1. The number of carboxylic acids is 1. The highest BCUT2D eigenvalue weighted by Crippen LogP contribution is 2.45. The Kier molecular flexibility index (Phi) is 17.8. The number of carbonyl (C=O) groups is 8. The van der Waals surface area contributed by atoms with Crippen molar-refractivity contribution in [3.63, 3.8) is 0 Å². The first-order valence-corrected chi connectivity index (χ1v) is 24.8. The second kappa shape index (κ2) is 24.6. The second-order valence-electron chi connectivity index (χ2n) is 19.6. The number of nitrogens with one attached hydrogen (secondary N) is 6. The number of halogens is 6. The van der Waals surface area contributed by atoms with Gasteiger partial charge >= 0.3 is 24.3 Å². The summed E-state index contributed by atoms with van der Waals surface area (Å²) in [6, 6.07) is 22.3. The van der Waals surface area contributed by atoms with Crippen LogP contribution in [0.2, 0.25) is 0 Å². The topological polar surface area (TPSA) is 338 Å². The van der Waals surface area contributed by atoms with Gasteiger partial charge in [0.15, 0.2) is 22.6 Å². The van der Waals surface area contributed by atoms with Crippen LogP contribution in [0.3, 0.4) is 0 Å². The van der Waals surface area contributed by atoms with Gasteiger partial charge in [0.25, 0.3) is 11.8 Å². The van der Waals surface area contributed by atoms with E-state index < -0.39 is 76.5 Å². The molecule has 0 unspecified atom stereocenters. The minimum atomic E-state index is -4.86. The van der Waals surface area contributed by atoms with Crippen LogP contribution in [-0.4, -0.2) is 68.4 Å². The van der Waals surface area contributed by atoms with Gasteiger partial charge in [-0.1, -0.05) is 22.4 Å². The second-order valence-corrected chi connectivity index (χ2v) is 19.6. The fourth-order valence-corrected chi connectivity index (χ4v) is 8.40. The number of benzene rings is 6. The number of anilines is 6. The van der Waals surface area contributed by atoms with Crippen molar-refractivity contribution in [3.8, 4) is 34.4 Å². The molecule has 0 saturated carbocycles. The zero-order valence-corrected chi connectivity index (χ0v) is 45.7. The zero-order valence-electron chi connectivity index (χ0n) is 45.7. The largest absolute Gasteiger partial charge is 0.478 e. The molecule has 22 nitrogen and oxygen atoms in total. The summed E-state index contributed by atoms with van der Waals surface area (Å²) >= 11 is 0. The van der Waals surface area contributed by atoms with E-state index in [4.69, 9.17) is 19.0 Å². The quantitative estimate of drug-likeness (QED) is 0.0441. The first-order chi connectivity index (χ1) is 40.2. The van der Waals surface area contributed by atoms with Gasteiger partial charge in [0.1, 0.15) is 5.60 Å². The number of nitrogens with zero attached hydrogens (tertiary/aromatic N) is 4. The molecule has 6 amide bonds. The minimum Gasteiger partial charge on any atom is -0.478 e. The number of fused-ring (bicyclic) bond motifs is 2. The van der Waals surface area contributed by atoms with E-state index in [1.165, 1.54) is 60.7 Å². The summed E-state index contributed by atoms with van der Waals surface area (Å²) in [5, 5.41) is 49.8. The van der Waals surface area contributed by atoms with E-state index in [1.807, 2.05) is 6.07 Å². The lowest BCUT2D eigenvalue weighted by Gasteiger charge is -2.20. The van der Waals surface area contributed by atoms with E-state index >= 15 is 0 Å². The molecule has 0 bridgehead atoms. The van der Waals surface area contributed by atoms with E-state index in [0.29, 0.717) is 0 Å². The molecule has 8 rings (SSSR count). The Hall–Kier alpha value is -11.4. The number of carbonyl (C=O) groups excluding carboxylic acids is 7. The molecule has 440 valence electrons. The number of carboxylic acid groups (broad SMARTS) is 1. The molecule has 0 fully saturated rings. The molecule has 0 atom stereocenters. The van der Waals surface area contributed by atoms with Gasteiger partial charge in [-0.05, 0) is 117 Å². The predicted molar refractivity (Wildman–Crippen MR) is 296 cm³/mol. The molecule has 0 spiro atoms. The van der Waals surface area contributed by atoms with E-state index in [1.54, 1.807) is 26.8 Å². The van der Waals surface area contributed by atoms with Crippen molar-refractivity contribution < 1.29 is 83.6 Å². The number of hydrogen-bond donors (Lipinski definition) is 7. The van der Waals surface area contributed by atoms with Gasteiger partial charge in [0.2, 0.25) is 23.6 Å². The Labute approximate surface area is 481 Å². The fraction of sp³-hybridized carbons (Fsp3) is 0.172. The smallest absolute Gasteiger partial charge is 0.417 e. The Bertz CT molecular complexity index is 4230. The Morgan fingerprint density at radius 3 is 1.22 bits per heavy atom. The van der Waals surface area contributed by atoms with E-state index in [2.05, 4.69) is 42.2 Å². The molecule has 0 radical (unpaired) electrons. The monoisotopic (exact) mass is 1190 g/mol. The number of ether oxygens (including phenoxy) is 1. The first-order valence-electron chi connectivity index (χ1n) is 24.8. The average molecular weight is 1190 g/mol. The first kappa shape index (κ1) is 62.2. The van der Waals surface area contributed by atoms with Gasteiger partial charge < -0.3 is 50.8 Å². The van der Waals surface area contributed by atoms with Crippen molar-refractivity contribution in [1.29, 1.82) is 10.5 Å². The molecule has 2 heterocycles. The summed E-state index contributed by atoms with van der Waals surface area (Å²) in [5.74, 6) is -6.37. The van der Waals surface area contributed by atoms with Crippen LogP contribution in [0.5, 0.6) is 0 Å². The third-order valence-electron chi connectivity index (χ3n) is 11.8. The van der Waals surface area contributed by atoms with Crippen LogP contribution in [0.1, 0.15) is 112 Å². The van der Waals surface area contributed by atoms with Crippen molar-refractivity contribution in [3.05, 3.63) is 142 Å². The maximum absolute atomic E-state index is 14.2. The number of alkyl halides is 6. The minimum absolute atomic E-state index is 0.00261. The van der Waals surface area contributed by atoms with Crippen LogP contribution in [0.15, 0.2) is 106 Å². The van der Waals surface area contributed by atoms with Gasteiger partial charge in [0.05, 0.1) is 67.7 Å². The maximum Gasteiger partial charge on any atom is 0.417 e. The van der Waals surface area contributed by atoms with Crippen LogP contribution in [-0.2, 0) is 36.3 Å². The molecule has 6 aromatic carbocycles. The molecule has 0 aliphatic heterocycles. The Morgan fingerprint density at radius 2 is 0.872 bits per heavy atom. The molecule has 28 heteroatoms. The summed E-state index contributed by atoms with van der Waals surface area (Å²) in [4.78, 5) is 97.8. The lowest BCUT2D eigenvalue weighted by atomic mass is 9.95. The third-order valence-corrected chi connectivity index (χ3v) is 11.8. The number of hydrogen-bond acceptors (Lipinski definition) is 15. The summed E-state index contributed by atoms with van der Waals surface area (Å²) in [5.41, 5.74) is -5.69. The Balaban J connectivity index is 0.000000247. The number of aromatic nitrogens is 2. The van der Waals surface area contributed by atoms with Crippen LogP contribution in [0.4, 0.5) is 60.5 Å². The molecule has 8 aromatic rings. The average Bonchev–Trinajstić information content (AvgIpc) is 1.54. The van der Waals surface area contributed by atoms with Crippen molar-refractivity contribution in [1.82, 2.24) is 10.3 Å². The van der Waals surface area contributed by atoms with Gasteiger partial charge in [-0.15, -0.1) is 0 Å². The maximum atomic E-state index is 14.2. The number of nitriles is 2. The number of amides is 6. The van der Waals surface area contributed by atoms with Gasteiger partial charge in [-0.2, -0.15) is 36.9 Å². The predicted octanol–water partition coefficient (Wildman–Crippen LogP) is 11.8. The number of esters is 1. The zero-order chi connectivity index (χ0) is 63.3. The van der Waals surface area contributed by atoms with E-state index in [-0.39, 0.29) is 112 Å². The van der Waals surface area contributed by atoms with E-state index in [9.17, 15) is 75.1 Å². The highest BCUT2D eigenvalue weighted by atomic mass is 19.4. The fourth-order valence-electron chi connectivity index (χ4n) is 8.40. The SMILES string of the molecule is CC(=O)Nc1ccc(-c2cc3onc(C(=O)Nc4ccc(C#N)cc4C(=O)O)c3cc2NC(C)=O)c(C(F)(F)F)c1.CC(=O)Nc1ccc(-c2cc3onc(C(=O)Nc4ccc(C#N)cc4C(=O)OC(C)(C)C)c3cc2NC(C)=O)c(C(F)(F)F)c1. The highest BCUT2D eigenvalue weighted by molar-refractivity contribution is 6.16. The van der Waals surface area contributed by atoms with Crippen LogP contribution in [0.25, 0.3) is 44.2 Å². The van der Waals surface area contributed by atoms with Gasteiger partial charge in [0, 0.05) is 61.6 Å². The van der Waals surface area contributed by atoms with Crippen LogP contribution >= 0.6 is 0 Å². The van der Waals surface area contributed by atoms with Crippen molar-refractivity contribution in [2.24, 2.45) is 0 Å². The van der Waals surface area contributed by atoms with Crippen LogP contribution in [0, 0.1) is 22.7 Å². The number of rotatable bonds is 12. The van der Waals surface area contributed by atoms with E-state index in [0.717, 1.165) is 64.1 Å².